The zero-order chi connectivity index (χ0) is 15.8. The van der Waals surface area contributed by atoms with Gasteiger partial charge in [0, 0.05) is 18.5 Å². The van der Waals surface area contributed by atoms with Crippen molar-refractivity contribution in [1.29, 1.82) is 0 Å². The highest BCUT2D eigenvalue weighted by atomic mass is 16.3. The molecule has 0 saturated carbocycles. The molecule has 0 fully saturated rings. The summed E-state index contributed by atoms with van der Waals surface area (Å²) < 4.78 is 0. The molecule has 2 aromatic carbocycles. The van der Waals surface area contributed by atoms with E-state index in [9.17, 15) is 0 Å². The molecule has 2 aromatic rings. The lowest BCUT2D eigenvalue weighted by atomic mass is 9.96. The van der Waals surface area contributed by atoms with Gasteiger partial charge in [-0.2, -0.15) is 0 Å². The van der Waals surface area contributed by atoms with Crippen LogP contribution in [0.25, 0.3) is 10.8 Å². The van der Waals surface area contributed by atoms with Crippen molar-refractivity contribution in [3.05, 3.63) is 60.2 Å². The van der Waals surface area contributed by atoms with Crippen LogP contribution < -0.4 is 5.32 Å². The minimum Gasteiger partial charge on any atom is -0.395 e. The molecule has 0 bridgehead atoms. The van der Waals surface area contributed by atoms with Crippen molar-refractivity contribution in [3.8, 4) is 11.8 Å². The minimum absolute atomic E-state index is 0.0766. The number of hydrogen-bond donors (Lipinski definition) is 2. The summed E-state index contributed by atoms with van der Waals surface area (Å²) in [5.41, 5.74) is 0.972. The van der Waals surface area contributed by atoms with E-state index in [1.165, 1.54) is 16.3 Å². The fourth-order valence-corrected chi connectivity index (χ4v) is 2.13. The summed E-state index contributed by atoms with van der Waals surface area (Å²) in [5.74, 6) is 6.00. The van der Waals surface area contributed by atoms with Crippen molar-refractivity contribution in [2.24, 2.45) is 5.41 Å². The molecule has 0 heterocycles. The number of benzene rings is 2. The van der Waals surface area contributed by atoms with Gasteiger partial charge in [0.15, 0.2) is 0 Å². The number of nitrogens with one attached hydrogen (secondary N) is 1. The van der Waals surface area contributed by atoms with Crippen LogP contribution in [0, 0.1) is 17.3 Å². The zero-order valence-corrected chi connectivity index (χ0v) is 13.3. The van der Waals surface area contributed by atoms with E-state index in [1.807, 2.05) is 26.0 Å². The average molecular weight is 293 g/mol. The molecule has 0 atom stereocenters. The first-order chi connectivity index (χ1) is 10.6. The summed E-state index contributed by atoms with van der Waals surface area (Å²) in [6.07, 6.45) is 3.85. The topological polar surface area (TPSA) is 32.3 Å². The Bertz CT molecular complexity index is 699. The van der Waals surface area contributed by atoms with E-state index in [1.54, 1.807) is 0 Å². The van der Waals surface area contributed by atoms with E-state index in [4.69, 9.17) is 5.11 Å². The SMILES string of the molecule is CC(C)(C#CC=CCNCc1cccc2ccccc12)CO. The molecule has 2 rings (SSSR count). The minimum atomic E-state index is -0.333. The van der Waals surface area contributed by atoms with E-state index in [2.05, 4.69) is 59.6 Å². The maximum Gasteiger partial charge on any atom is 0.0591 e. The molecule has 0 unspecified atom stereocenters. The Hall–Kier alpha value is -2.08. The molecule has 2 N–H and O–H groups in total. The van der Waals surface area contributed by atoms with Gasteiger partial charge in [-0.05, 0) is 36.3 Å². The number of hydrogen-bond acceptors (Lipinski definition) is 2. The van der Waals surface area contributed by atoms with Crippen LogP contribution in [-0.4, -0.2) is 18.3 Å². The molecule has 0 amide bonds. The van der Waals surface area contributed by atoms with Crippen LogP contribution in [0.1, 0.15) is 19.4 Å². The lowest BCUT2D eigenvalue weighted by Crippen LogP contribution is -2.13. The quantitative estimate of drug-likeness (QED) is 0.653. The summed E-state index contributed by atoms with van der Waals surface area (Å²) in [5, 5.41) is 15.1. The molecule has 0 aromatic heterocycles. The monoisotopic (exact) mass is 293 g/mol. The predicted molar refractivity (Wildman–Crippen MR) is 93.4 cm³/mol. The molecule has 0 radical (unpaired) electrons. The van der Waals surface area contributed by atoms with Gasteiger partial charge in [-0.3, -0.25) is 0 Å². The first-order valence-corrected chi connectivity index (χ1v) is 7.58. The fraction of sp³-hybridized carbons (Fsp3) is 0.300. The Morgan fingerprint density at radius 3 is 2.73 bits per heavy atom. The van der Waals surface area contributed by atoms with Crippen LogP contribution in [0.4, 0.5) is 0 Å². The van der Waals surface area contributed by atoms with E-state index in [-0.39, 0.29) is 12.0 Å². The van der Waals surface area contributed by atoms with Crippen molar-refractivity contribution in [2.75, 3.05) is 13.2 Å². The maximum absolute atomic E-state index is 9.11. The van der Waals surface area contributed by atoms with Crippen LogP contribution in [0.2, 0.25) is 0 Å². The Balaban J connectivity index is 1.86. The Morgan fingerprint density at radius 1 is 1.14 bits per heavy atom. The molecular weight excluding hydrogens is 270 g/mol. The van der Waals surface area contributed by atoms with Crippen LogP contribution in [0.15, 0.2) is 54.6 Å². The number of aliphatic hydroxyl groups is 1. The van der Waals surface area contributed by atoms with Gasteiger partial charge < -0.3 is 10.4 Å². The third kappa shape index (κ3) is 4.73. The van der Waals surface area contributed by atoms with Crippen molar-refractivity contribution in [3.63, 3.8) is 0 Å². The largest absolute Gasteiger partial charge is 0.395 e. The summed E-state index contributed by atoms with van der Waals surface area (Å²) in [6.45, 7) is 5.53. The van der Waals surface area contributed by atoms with Gasteiger partial charge in [0.1, 0.15) is 0 Å². The van der Waals surface area contributed by atoms with Gasteiger partial charge in [0.2, 0.25) is 0 Å². The fourth-order valence-electron chi connectivity index (χ4n) is 2.13. The van der Waals surface area contributed by atoms with E-state index < -0.39 is 0 Å². The molecule has 2 nitrogen and oxygen atoms in total. The first-order valence-electron chi connectivity index (χ1n) is 7.58. The van der Waals surface area contributed by atoms with Gasteiger partial charge in [-0.25, -0.2) is 0 Å². The van der Waals surface area contributed by atoms with Gasteiger partial charge in [-0.1, -0.05) is 60.4 Å². The van der Waals surface area contributed by atoms with Gasteiger partial charge in [0.25, 0.3) is 0 Å². The van der Waals surface area contributed by atoms with E-state index in [0.29, 0.717) is 0 Å². The molecule has 22 heavy (non-hydrogen) atoms. The summed E-state index contributed by atoms with van der Waals surface area (Å²) in [6, 6.07) is 14.8. The number of fused-ring (bicyclic) bond motifs is 1. The average Bonchev–Trinajstić information content (AvgIpc) is 2.54. The second-order valence-corrected chi connectivity index (χ2v) is 5.98. The lowest BCUT2D eigenvalue weighted by molar-refractivity contribution is 0.207. The highest BCUT2D eigenvalue weighted by molar-refractivity contribution is 5.85. The van der Waals surface area contributed by atoms with Crippen molar-refractivity contribution in [2.45, 2.75) is 20.4 Å². The van der Waals surface area contributed by atoms with E-state index in [0.717, 1.165) is 13.1 Å². The van der Waals surface area contributed by atoms with Crippen LogP contribution in [0.3, 0.4) is 0 Å². The van der Waals surface area contributed by atoms with Crippen LogP contribution >= 0.6 is 0 Å². The third-order valence-corrected chi connectivity index (χ3v) is 3.46. The zero-order valence-electron chi connectivity index (χ0n) is 13.3. The van der Waals surface area contributed by atoms with Crippen LogP contribution in [0.5, 0.6) is 0 Å². The van der Waals surface area contributed by atoms with Crippen molar-refractivity contribution < 1.29 is 5.11 Å². The number of rotatable bonds is 5. The standard InChI is InChI=1S/C20H23NO/c1-20(2,16-22)13-6-3-7-14-21-15-18-11-8-10-17-9-4-5-12-19(17)18/h3-5,7-12,21-22H,14-16H2,1-2H3. The Labute approximate surface area is 132 Å². The Morgan fingerprint density at radius 2 is 1.91 bits per heavy atom. The molecule has 0 saturated heterocycles. The highest BCUT2D eigenvalue weighted by Crippen LogP contribution is 2.18. The van der Waals surface area contributed by atoms with Gasteiger partial charge >= 0.3 is 0 Å². The molecule has 0 aliphatic heterocycles. The second-order valence-electron chi connectivity index (χ2n) is 5.98. The highest BCUT2D eigenvalue weighted by Gasteiger charge is 2.10. The number of allylic oxidation sites excluding steroid dienone is 1. The molecular formula is C20H23NO. The number of aliphatic hydroxyl groups excluding tert-OH is 1. The normalized spacial score (nSPS) is 11.6. The summed E-state index contributed by atoms with van der Waals surface area (Å²) in [7, 11) is 0. The first kappa shape index (κ1) is 16.3. The summed E-state index contributed by atoms with van der Waals surface area (Å²) in [4.78, 5) is 0. The molecule has 0 aliphatic rings. The predicted octanol–water partition coefficient (Wildman–Crippen LogP) is 3.51. The lowest BCUT2D eigenvalue weighted by Gasteiger charge is -2.11. The van der Waals surface area contributed by atoms with Gasteiger partial charge in [0.05, 0.1) is 6.61 Å². The third-order valence-electron chi connectivity index (χ3n) is 3.46. The molecule has 0 spiro atoms. The second kappa shape index (κ2) is 7.79. The van der Waals surface area contributed by atoms with E-state index >= 15 is 0 Å². The smallest absolute Gasteiger partial charge is 0.0591 e. The van der Waals surface area contributed by atoms with Crippen molar-refractivity contribution in [1.82, 2.24) is 5.32 Å². The van der Waals surface area contributed by atoms with Gasteiger partial charge in [-0.15, -0.1) is 0 Å². The van der Waals surface area contributed by atoms with Crippen LogP contribution in [-0.2, 0) is 6.54 Å². The molecule has 114 valence electrons. The summed E-state index contributed by atoms with van der Waals surface area (Å²) >= 11 is 0. The molecule has 2 heteroatoms. The maximum atomic E-state index is 9.11. The molecule has 0 aliphatic carbocycles. The Kier molecular flexibility index (Phi) is 5.77. The van der Waals surface area contributed by atoms with Crippen molar-refractivity contribution >= 4 is 10.8 Å².